The second kappa shape index (κ2) is 13.2. The second-order valence-electron chi connectivity index (χ2n) is 13.2. The number of rotatable bonds is 14. The molecule has 0 aromatic carbocycles. The molecule has 0 saturated carbocycles. The summed E-state index contributed by atoms with van der Waals surface area (Å²) < 4.78 is 41.6. The molecule has 236 valence electrons. The van der Waals surface area contributed by atoms with Crippen LogP contribution in [0.2, 0.25) is 0 Å². The Labute approximate surface area is 241 Å². The number of hydrogen-bond acceptors (Lipinski definition) is 10. The van der Waals surface area contributed by atoms with Crippen LogP contribution in [-0.4, -0.2) is 90.5 Å². The zero-order valence-corrected chi connectivity index (χ0v) is 27.0. The maximum atomic E-state index is 12.1. The van der Waals surface area contributed by atoms with Gasteiger partial charge < -0.3 is 43.4 Å². The van der Waals surface area contributed by atoms with Gasteiger partial charge in [-0.2, -0.15) is 0 Å². The Morgan fingerprint density at radius 3 is 1.90 bits per heavy atom. The van der Waals surface area contributed by atoms with Gasteiger partial charge in [0, 0.05) is 18.9 Å². The van der Waals surface area contributed by atoms with Crippen LogP contribution in [0.25, 0.3) is 0 Å². The average Bonchev–Trinajstić information content (AvgIpc) is 3.27. The van der Waals surface area contributed by atoms with E-state index < -0.39 is 65.0 Å². The van der Waals surface area contributed by atoms with Crippen molar-refractivity contribution in [3.05, 3.63) is 0 Å². The van der Waals surface area contributed by atoms with Gasteiger partial charge in [0.2, 0.25) is 0 Å². The van der Waals surface area contributed by atoms with E-state index in [1.807, 2.05) is 69.2 Å². The molecule has 0 unspecified atom stereocenters. The minimum Gasteiger partial charge on any atom is -0.469 e. The lowest BCUT2D eigenvalue weighted by atomic mass is 9.74. The van der Waals surface area contributed by atoms with Crippen molar-refractivity contribution in [3.8, 4) is 0 Å². The molecule has 2 N–H and O–H groups in total. The van der Waals surface area contributed by atoms with Crippen LogP contribution in [-0.2, 0) is 38.0 Å². The van der Waals surface area contributed by atoms with E-state index >= 15 is 0 Å². The highest BCUT2D eigenvalue weighted by Gasteiger charge is 2.59. The van der Waals surface area contributed by atoms with Gasteiger partial charge in [-0.1, -0.05) is 27.7 Å². The Bertz CT molecular complexity index is 833. The van der Waals surface area contributed by atoms with Crippen LogP contribution < -0.4 is 0 Å². The molecule has 2 fully saturated rings. The number of ether oxygens (including phenoxy) is 7. The molecule has 40 heavy (non-hydrogen) atoms. The fraction of sp³-hybridized carbons (Fsp3) is 0.967. The van der Waals surface area contributed by atoms with Crippen LogP contribution in [0.4, 0.5) is 0 Å². The third kappa shape index (κ3) is 7.56. The molecule has 10 heteroatoms. The van der Waals surface area contributed by atoms with Crippen molar-refractivity contribution >= 4 is 5.97 Å². The Kier molecular flexibility index (Phi) is 11.7. The molecule has 2 heterocycles. The minimum atomic E-state index is -1.00. The highest BCUT2D eigenvalue weighted by atomic mass is 16.8. The van der Waals surface area contributed by atoms with Gasteiger partial charge in [-0.25, -0.2) is 0 Å². The van der Waals surface area contributed by atoms with Crippen molar-refractivity contribution in [2.75, 3.05) is 21.0 Å². The van der Waals surface area contributed by atoms with Crippen molar-refractivity contribution in [1.29, 1.82) is 0 Å². The molecule has 2 aliphatic rings. The first kappa shape index (κ1) is 35.3. The Hall–Kier alpha value is -0.850. The van der Waals surface area contributed by atoms with Crippen LogP contribution in [0.15, 0.2) is 0 Å². The quantitative estimate of drug-likeness (QED) is 0.231. The van der Waals surface area contributed by atoms with Gasteiger partial charge in [-0.05, 0) is 67.2 Å². The van der Waals surface area contributed by atoms with Crippen molar-refractivity contribution in [3.63, 3.8) is 0 Å². The monoisotopic (exact) mass is 576 g/mol. The standard InChI is InChI=1S/C30H56O10/c1-14-21(36-16-34-12)30(11)25(38-28(8,9)40-30)18(3)22(31)17(2)15-29(10)24(37-27(6,7)39-29)19(4)23(32)20(5)26(33)35-13/h17-25,31-32H,14-16H2,1-13H3/t17-,18+,19+,20-,21-,22-,23+,24-,25-,29-,30-/m1/s1. The lowest BCUT2D eigenvalue weighted by molar-refractivity contribution is -0.201. The summed E-state index contributed by atoms with van der Waals surface area (Å²) in [6, 6.07) is 0. The zero-order valence-electron chi connectivity index (χ0n) is 27.0. The van der Waals surface area contributed by atoms with E-state index in [0.717, 1.165) is 0 Å². The van der Waals surface area contributed by atoms with E-state index in [2.05, 4.69) is 0 Å². The first-order valence-corrected chi connectivity index (χ1v) is 14.6. The molecular weight excluding hydrogens is 520 g/mol. The molecule has 0 amide bonds. The van der Waals surface area contributed by atoms with Crippen LogP contribution in [0.1, 0.15) is 89.0 Å². The number of aliphatic hydroxyl groups excluding tert-OH is 2. The predicted molar refractivity (Wildman–Crippen MR) is 149 cm³/mol. The largest absolute Gasteiger partial charge is 0.469 e. The molecule has 0 aliphatic carbocycles. The van der Waals surface area contributed by atoms with Crippen molar-refractivity contribution in [2.45, 2.75) is 142 Å². The summed E-state index contributed by atoms with van der Waals surface area (Å²) in [5.41, 5.74) is -1.66. The fourth-order valence-corrected chi connectivity index (χ4v) is 7.06. The maximum Gasteiger partial charge on any atom is 0.311 e. The van der Waals surface area contributed by atoms with Gasteiger partial charge in [0.1, 0.15) is 12.4 Å². The van der Waals surface area contributed by atoms with E-state index in [1.165, 1.54) is 7.11 Å². The molecule has 11 atom stereocenters. The first-order chi connectivity index (χ1) is 18.3. The maximum absolute atomic E-state index is 12.1. The van der Waals surface area contributed by atoms with Crippen LogP contribution in [0.3, 0.4) is 0 Å². The molecule has 2 saturated heterocycles. The minimum absolute atomic E-state index is 0.128. The van der Waals surface area contributed by atoms with Crippen LogP contribution in [0, 0.1) is 23.7 Å². The Morgan fingerprint density at radius 2 is 1.38 bits per heavy atom. The summed E-state index contributed by atoms with van der Waals surface area (Å²) in [6.45, 7) is 20.9. The summed E-state index contributed by atoms with van der Waals surface area (Å²) in [4.78, 5) is 12.1. The number of esters is 1. The van der Waals surface area contributed by atoms with Crippen molar-refractivity contribution in [1.82, 2.24) is 0 Å². The molecule has 2 aliphatic heterocycles. The van der Waals surface area contributed by atoms with E-state index in [1.54, 1.807) is 14.0 Å². The number of aliphatic hydroxyl groups is 2. The number of methoxy groups -OCH3 is 2. The highest BCUT2D eigenvalue weighted by molar-refractivity contribution is 5.72. The smallest absolute Gasteiger partial charge is 0.311 e. The molecule has 0 radical (unpaired) electrons. The molecular formula is C30H56O10. The van der Waals surface area contributed by atoms with E-state index in [4.69, 9.17) is 33.2 Å². The summed E-state index contributed by atoms with van der Waals surface area (Å²) in [7, 11) is 2.89. The number of hydrogen-bond donors (Lipinski definition) is 2. The lowest BCUT2D eigenvalue weighted by Crippen LogP contribution is -2.54. The number of carbonyl (C=O) groups excluding carboxylic acids is 1. The topological polar surface area (TPSA) is 122 Å². The van der Waals surface area contributed by atoms with E-state index in [0.29, 0.717) is 12.8 Å². The first-order valence-electron chi connectivity index (χ1n) is 14.6. The second-order valence-corrected chi connectivity index (χ2v) is 13.2. The molecule has 10 nitrogen and oxygen atoms in total. The van der Waals surface area contributed by atoms with E-state index in [-0.39, 0.29) is 24.7 Å². The molecule has 0 spiro atoms. The summed E-state index contributed by atoms with van der Waals surface area (Å²) in [6.07, 6.45) is -1.95. The SMILES string of the molecule is CC[C@@H](OCOC)[C@@]1(C)OC(C)(C)O[C@@H]1[C@@H](C)[C@H](O)[C@H](C)C[C@@]1(C)OC(C)(C)O[C@@H]1[C@@H](C)[C@H](O)[C@@H](C)C(=O)OC. The third-order valence-electron chi connectivity index (χ3n) is 8.76. The van der Waals surface area contributed by atoms with Crippen LogP contribution in [0.5, 0.6) is 0 Å². The highest BCUT2D eigenvalue weighted by Crippen LogP contribution is 2.48. The molecule has 0 aromatic heterocycles. The third-order valence-corrected chi connectivity index (χ3v) is 8.76. The van der Waals surface area contributed by atoms with Gasteiger partial charge in [0.15, 0.2) is 11.6 Å². The van der Waals surface area contributed by atoms with Gasteiger partial charge in [0.25, 0.3) is 0 Å². The van der Waals surface area contributed by atoms with Gasteiger partial charge >= 0.3 is 5.97 Å². The Balaban J connectivity index is 2.28. The molecule has 0 bridgehead atoms. The lowest BCUT2D eigenvalue weighted by Gasteiger charge is -2.42. The summed E-state index contributed by atoms with van der Waals surface area (Å²) >= 11 is 0. The number of carbonyl (C=O) groups is 1. The van der Waals surface area contributed by atoms with E-state index in [9.17, 15) is 15.0 Å². The van der Waals surface area contributed by atoms with Crippen molar-refractivity contribution < 1.29 is 48.2 Å². The predicted octanol–water partition coefficient (Wildman–Crippen LogP) is 4.04. The van der Waals surface area contributed by atoms with Crippen LogP contribution >= 0.6 is 0 Å². The Morgan fingerprint density at radius 1 is 0.850 bits per heavy atom. The average molecular weight is 577 g/mol. The fourth-order valence-electron chi connectivity index (χ4n) is 7.06. The normalized spacial score (nSPS) is 35.0. The zero-order chi connectivity index (χ0) is 30.8. The van der Waals surface area contributed by atoms with Gasteiger partial charge in [-0.3, -0.25) is 4.79 Å². The van der Waals surface area contributed by atoms with Gasteiger partial charge in [0.05, 0.1) is 49.1 Å². The van der Waals surface area contributed by atoms with Gasteiger partial charge in [-0.15, -0.1) is 0 Å². The van der Waals surface area contributed by atoms with Crippen molar-refractivity contribution in [2.24, 2.45) is 23.7 Å². The molecule has 0 aromatic rings. The summed E-state index contributed by atoms with van der Waals surface area (Å²) in [5, 5.41) is 22.7. The molecule has 2 rings (SSSR count). The summed E-state index contributed by atoms with van der Waals surface area (Å²) in [5.74, 6) is -3.97.